The van der Waals surface area contributed by atoms with Gasteiger partial charge < -0.3 is 15.0 Å². The van der Waals surface area contributed by atoms with Crippen molar-refractivity contribution in [1.82, 2.24) is 10.2 Å². The minimum Gasteiger partial charge on any atom is -0.375 e. The summed E-state index contributed by atoms with van der Waals surface area (Å²) < 4.78 is 6.19. The van der Waals surface area contributed by atoms with Crippen LogP contribution < -0.4 is 5.32 Å². The van der Waals surface area contributed by atoms with E-state index in [4.69, 9.17) is 4.74 Å². The van der Waals surface area contributed by atoms with Gasteiger partial charge in [0.25, 0.3) is 0 Å². The summed E-state index contributed by atoms with van der Waals surface area (Å²) in [5, 5.41) is 2.90. The maximum Gasteiger partial charge on any atom is 0.225 e. The predicted molar refractivity (Wildman–Crippen MR) is 92.5 cm³/mol. The van der Waals surface area contributed by atoms with E-state index < -0.39 is 0 Å². The number of rotatable bonds is 4. The van der Waals surface area contributed by atoms with E-state index in [0.29, 0.717) is 11.8 Å². The summed E-state index contributed by atoms with van der Waals surface area (Å²) in [6, 6.07) is 0. The molecule has 1 aliphatic carbocycles. The van der Waals surface area contributed by atoms with E-state index in [1.54, 1.807) is 6.92 Å². The third-order valence-electron chi connectivity index (χ3n) is 6.21. The molecule has 1 saturated carbocycles. The Morgan fingerprint density at radius 3 is 2.54 bits per heavy atom. The van der Waals surface area contributed by atoms with Gasteiger partial charge >= 0.3 is 0 Å². The van der Waals surface area contributed by atoms with Crippen molar-refractivity contribution in [3.8, 4) is 0 Å². The normalized spacial score (nSPS) is 27.4. The van der Waals surface area contributed by atoms with Crippen LogP contribution in [0.25, 0.3) is 0 Å². The fourth-order valence-corrected chi connectivity index (χ4v) is 4.74. The lowest BCUT2D eigenvalue weighted by Gasteiger charge is -2.46. The number of likely N-dealkylation sites (tertiary alicyclic amines) is 1. The molecule has 0 radical (unpaired) electrons. The van der Waals surface area contributed by atoms with Crippen LogP contribution in [0.2, 0.25) is 0 Å². The number of hydrogen-bond acceptors (Lipinski definition) is 3. The zero-order valence-corrected chi connectivity index (χ0v) is 15.0. The molecule has 136 valence electrons. The first-order valence-electron chi connectivity index (χ1n) is 9.75. The number of hydrogen-bond donors (Lipinski definition) is 1. The van der Waals surface area contributed by atoms with Crippen molar-refractivity contribution in [3.05, 3.63) is 0 Å². The standard InChI is InChI=1S/C19H32N2O3/c1-15(22)20-10-6-16-7-13-24-19(14-16)8-11-21(12-9-19)18(23)17-4-2-3-5-17/h16-17H,2-14H2,1H3,(H,20,22). The molecular formula is C19H32N2O3. The van der Waals surface area contributed by atoms with Gasteiger partial charge in [-0.05, 0) is 50.9 Å². The minimum atomic E-state index is -0.0222. The summed E-state index contributed by atoms with van der Waals surface area (Å²) >= 11 is 0. The van der Waals surface area contributed by atoms with Crippen LogP contribution in [0.5, 0.6) is 0 Å². The Morgan fingerprint density at radius 2 is 1.88 bits per heavy atom. The molecule has 1 spiro atoms. The van der Waals surface area contributed by atoms with Gasteiger partial charge in [-0.1, -0.05) is 12.8 Å². The molecule has 24 heavy (non-hydrogen) atoms. The second-order valence-corrected chi connectivity index (χ2v) is 7.97. The Hall–Kier alpha value is -1.10. The third kappa shape index (κ3) is 4.29. The van der Waals surface area contributed by atoms with E-state index in [2.05, 4.69) is 10.2 Å². The van der Waals surface area contributed by atoms with Crippen molar-refractivity contribution in [2.75, 3.05) is 26.2 Å². The maximum absolute atomic E-state index is 12.6. The van der Waals surface area contributed by atoms with Gasteiger partial charge in [0.05, 0.1) is 5.60 Å². The van der Waals surface area contributed by atoms with E-state index in [0.717, 1.165) is 71.2 Å². The van der Waals surface area contributed by atoms with Gasteiger partial charge in [-0.2, -0.15) is 0 Å². The number of nitrogens with one attached hydrogen (secondary N) is 1. The molecular weight excluding hydrogens is 304 g/mol. The largest absolute Gasteiger partial charge is 0.375 e. The molecule has 0 aromatic rings. The molecule has 3 rings (SSSR count). The molecule has 5 heteroatoms. The van der Waals surface area contributed by atoms with Crippen LogP contribution in [0, 0.1) is 11.8 Å². The zero-order valence-electron chi connectivity index (χ0n) is 15.0. The molecule has 1 atom stereocenters. The summed E-state index contributed by atoms with van der Waals surface area (Å²) in [6.07, 6.45) is 9.76. The molecule has 1 N–H and O–H groups in total. The highest BCUT2D eigenvalue weighted by Crippen LogP contribution is 2.39. The van der Waals surface area contributed by atoms with Gasteiger partial charge in [0.1, 0.15) is 0 Å². The summed E-state index contributed by atoms with van der Waals surface area (Å²) in [5.41, 5.74) is -0.0222. The molecule has 1 unspecified atom stereocenters. The smallest absolute Gasteiger partial charge is 0.225 e. The number of nitrogens with zero attached hydrogens (tertiary/aromatic N) is 1. The molecule has 5 nitrogen and oxygen atoms in total. The van der Waals surface area contributed by atoms with Crippen LogP contribution in [0.3, 0.4) is 0 Å². The van der Waals surface area contributed by atoms with Crippen molar-refractivity contribution < 1.29 is 14.3 Å². The predicted octanol–water partition coefficient (Wildman–Crippen LogP) is 2.49. The highest BCUT2D eigenvalue weighted by Gasteiger charge is 2.41. The molecule has 3 aliphatic rings. The van der Waals surface area contributed by atoms with E-state index in [9.17, 15) is 9.59 Å². The highest BCUT2D eigenvalue weighted by atomic mass is 16.5. The van der Waals surface area contributed by atoms with Crippen molar-refractivity contribution in [1.29, 1.82) is 0 Å². The average Bonchev–Trinajstić information content (AvgIpc) is 3.09. The topological polar surface area (TPSA) is 58.6 Å². The summed E-state index contributed by atoms with van der Waals surface area (Å²) in [4.78, 5) is 25.7. The summed E-state index contributed by atoms with van der Waals surface area (Å²) in [5.74, 6) is 1.36. The van der Waals surface area contributed by atoms with Crippen LogP contribution in [0.4, 0.5) is 0 Å². The lowest BCUT2D eigenvalue weighted by Crippen LogP contribution is -2.51. The number of carbonyl (C=O) groups is 2. The molecule has 0 bridgehead atoms. The lowest BCUT2D eigenvalue weighted by molar-refractivity contribution is -0.150. The first kappa shape index (κ1) is 17.7. The Morgan fingerprint density at radius 1 is 1.17 bits per heavy atom. The average molecular weight is 336 g/mol. The van der Waals surface area contributed by atoms with Crippen LogP contribution in [-0.4, -0.2) is 48.6 Å². The van der Waals surface area contributed by atoms with Gasteiger partial charge in [-0.3, -0.25) is 9.59 Å². The quantitative estimate of drug-likeness (QED) is 0.858. The molecule has 2 aliphatic heterocycles. The number of carbonyl (C=O) groups excluding carboxylic acids is 2. The Bertz CT molecular complexity index is 452. The Kier molecular flexibility index (Phi) is 5.80. The second-order valence-electron chi connectivity index (χ2n) is 7.97. The fraction of sp³-hybridized carbons (Fsp3) is 0.895. The Balaban J connectivity index is 1.47. The Labute approximate surface area is 145 Å². The van der Waals surface area contributed by atoms with E-state index >= 15 is 0 Å². The van der Waals surface area contributed by atoms with Crippen LogP contribution in [-0.2, 0) is 14.3 Å². The number of piperidine rings is 1. The molecule has 3 fully saturated rings. The summed E-state index contributed by atoms with van der Waals surface area (Å²) in [6.45, 7) is 4.87. The molecule has 2 amide bonds. The first-order chi connectivity index (χ1) is 11.6. The van der Waals surface area contributed by atoms with Gasteiger partial charge in [0.15, 0.2) is 0 Å². The first-order valence-corrected chi connectivity index (χ1v) is 9.75. The van der Waals surface area contributed by atoms with Gasteiger partial charge in [-0.15, -0.1) is 0 Å². The van der Waals surface area contributed by atoms with E-state index in [1.165, 1.54) is 12.8 Å². The van der Waals surface area contributed by atoms with Crippen molar-refractivity contribution in [2.45, 2.75) is 70.3 Å². The molecule has 0 aromatic heterocycles. The minimum absolute atomic E-state index is 0.0222. The van der Waals surface area contributed by atoms with E-state index in [-0.39, 0.29) is 17.4 Å². The van der Waals surface area contributed by atoms with E-state index in [1.807, 2.05) is 0 Å². The molecule has 2 heterocycles. The van der Waals surface area contributed by atoms with Crippen molar-refractivity contribution in [2.24, 2.45) is 11.8 Å². The van der Waals surface area contributed by atoms with Crippen LogP contribution >= 0.6 is 0 Å². The maximum atomic E-state index is 12.6. The SMILES string of the molecule is CC(=O)NCCC1CCOC2(CCN(C(=O)C3CCCC3)CC2)C1. The van der Waals surface area contributed by atoms with Crippen molar-refractivity contribution in [3.63, 3.8) is 0 Å². The van der Waals surface area contributed by atoms with Crippen LogP contribution in [0.1, 0.15) is 64.7 Å². The lowest BCUT2D eigenvalue weighted by atomic mass is 9.78. The highest BCUT2D eigenvalue weighted by molar-refractivity contribution is 5.79. The van der Waals surface area contributed by atoms with Gasteiger partial charge in [-0.25, -0.2) is 0 Å². The third-order valence-corrected chi connectivity index (χ3v) is 6.21. The second kappa shape index (κ2) is 7.85. The van der Waals surface area contributed by atoms with Gasteiger partial charge in [0, 0.05) is 39.1 Å². The van der Waals surface area contributed by atoms with Crippen molar-refractivity contribution >= 4 is 11.8 Å². The monoisotopic (exact) mass is 336 g/mol. The number of amides is 2. The fourth-order valence-electron chi connectivity index (χ4n) is 4.74. The van der Waals surface area contributed by atoms with Gasteiger partial charge in [0.2, 0.25) is 11.8 Å². The molecule has 0 aromatic carbocycles. The zero-order chi connectivity index (χ0) is 17.0. The van der Waals surface area contributed by atoms with Crippen LogP contribution in [0.15, 0.2) is 0 Å². The summed E-state index contributed by atoms with van der Waals surface area (Å²) in [7, 11) is 0. The number of ether oxygens (including phenoxy) is 1. The molecule has 2 saturated heterocycles.